The van der Waals surface area contributed by atoms with E-state index in [0.29, 0.717) is 11.8 Å². The van der Waals surface area contributed by atoms with Gasteiger partial charge in [0.15, 0.2) is 0 Å². The zero-order valence-corrected chi connectivity index (χ0v) is 30.8. The van der Waals surface area contributed by atoms with Gasteiger partial charge in [-0.1, -0.05) is 159 Å². The number of rotatable bonds is 11. The first-order chi connectivity index (χ1) is 26.6. The van der Waals surface area contributed by atoms with Crippen molar-refractivity contribution in [3.8, 4) is 11.1 Å². The standard InChI is InChI=1S/C52H44N2/c1-39(41-15-7-3-8-16-41)43-23-31-49(32-24-43)53(47-19-11-5-12-20-47)51-35-27-45(28-36-51)46-29-37-52(38-30-46)54(48-21-13-6-14-22-48)50-33-25-44(26-34-50)40(2)42-17-9-4-10-18-42/h3-40H,1-2H3. The van der Waals surface area contributed by atoms with Crippen LogP contribution in [0.15, 0.2) is 218 Å². The minimum atomic E-state index is 0.324. The van der Waals surface area contributed by atoms with E-state index >= 15 is 0 Å². The van der Waals surface area contributed by atoms with Gasteiger partial charge < -0.3 is 9.80 Å². The summed E-state index contributed by atoms with van der Waals surface area (Å²) in [6, 6.07) is 78.5. The van der Waals surface area contributed by atoms with Crippen LogP contribution in [-0.4, -0.2) is 0 Å². The predicted molar refractivity (Wildman–Crippen MR) is 229 cm³/mol. The van der Waals surface area contributed by atoms with Gasteiger partial charge in [-0.2, -0.15) is 0 Å². The van der Waals surface area contributed by atoms with Crippen LogP contribution in [0.2, 0.25) is 0 Å². The van der Waals surface area contributed by atoms with Gasteiger partial charge in [0.25, 0.3) is 0 Å². The Kier molecular flexibility index (Phi) is 10.2. The second-order valence-electron chi connectivity index (χ2n) is 13.9. The molecule has 0 spiro atoms. The Morgan fingerprint density at radius 1 is 0.241 bits per heavy atom. The number of hydrogen-bond donors (Lipinski definition) is 0. The lowest BCUT2D eigenvalue weighted by molar-refractivity contribution is 0.922. The van der Waals surface area contributed by atoms with Gasteiger partial charge in [0.05, 0.1) is 0 Å². The van der Waals surface area contributed by atoms with Crippen LogP contribution in [0.3, 0.4) is 0 Å². The molecule has 0 heterocycles. The van der Waals surface area contributed by atoms with E-state index in [4.69, 9.17) is 0 Å². The maximum absolute atomic E-state index is 2.33. The van der Waals surface area contributed by atoms with Gasteiger partial charge in [0.1, 0.15) is 0 Å². The average molecular weight is 697 g/mol. The normalized spacial score (nSPS) is 12.1. The van der Waals surface area contributed by atoms with Crippen LogP contribution in [0.25, 0.3) is 11.1 Å². The molecule has 0 aromatic heterocycles. The van der Waals surface area contributed by atoms with Crippen LogP contribution in [0, 0.1) is 0 Å². The van der Waals surface area contributed by atoms with E-state index in [9.17, 15) is 0 Å². The molecule has 0 radical (unpaired) electrons. The summed E-state index contributed by atoms with van der Waals surface area (Å²) in [4.78, 5) is 4.65. The average Bonchev–Trinajstić information content (AvgIpc) is 3.26. The summed E-state index contributed by atoms with van der Waals surface area (Å²) in [7, 11) is 0. The first kappa shape index (κ1) is 34.4. The number of para-hydroxylation sites is 2. The molecule has 0 fully saturated rings. The molecule has 0 aliphatic carbocycles. The second kappa shape index (κ2) is 15.9. The van der Waals surface area contributed by atoms with Crippen molar-refractivity contribution in [2.75, 3.05) is 9.80 Å². The minimum Gasteiger partial charge on any atom is -0.311 e. The van der Waals surface area contributed by atoms with Crippen molar-refractivity contribution in [1.29, 1.82) is 0 Å². The first-order valence-electron chi connectivity index (χ1n) is 18.8. The molecule has 2 heteroatoms. The molecule has 262 valence electrons. The van der Waals surface area contributed by atoms with Crippen LogP contribution in [-0.2, 0) is 0 Å². The fourth-order valence-corrected chi connectivity index (χ4v) is 7.35. The van der Waals surface area contributed by atoms with Crippen molar-refractivity contribution >= 4 is 34.1 Å². The van der Waals surface area contributed by atoms with E-state index in [1.54, 1.807) is 0 Å². The fourth-order valence-electron chi connectivity index (χ4n) is 7.35. The summed E-state index contributed by atoms with van der Waals surface area (Å²) in [6.07, 6.45) is 0. The number of anilines is 6. The highest BCUT2D eigenvalue weighted by molar-refractivity contribution is 5.81. The van der Waals surface area contributed by atoms with E-state index in [0.717, 1.165) is 34.1 Å². The lowest BCUT2D eigenvalue weighted by atomic mass is 9.93. The highest BCUT2D eigenvalue weighted by Gasteiger charge is 2.16. The summed E-state index contributed by atoms with van der Waals surface area (Å²) in [6.45, 7) is 4.54. The Labute approximate surface area is 320 Å². The molecular weight excluding hydrogens is 653 g/mol. The van der Waals surface area contributed by atoms with Crippen molar-refractivity contribution in [3.05, 3.63) is 241 Å². The smallest absolute Gasteiger partial charge is 0.0462 e. The molecule has 54 heavy (non-hydrogen) atoms. The third-order valence-electron chi connectivity index (χ3n) is 10.5. The summed E-state index contributed by atoms with van der Waals surface area (Å²) in [5, 5.41) is 0. The Bertz CT molecular complexity index is 2180. The predicted octanol–water partition coefficient (Wildman–Crippen LogP) is 14.6. The van der Waals surface area contributed by atoms with Crippen LogP contribution in [0.4, 0.5) is 34.1 Å². The third kappa shape index (κ3) is 7.46. The molecule has 8 aromatic rings. The van der Waals surface area contributed by atoms with Crippen molar-refractivity contribution in [1.82, 2.24) is 0 Å². The van der Waals surface area contributed by atoms with Gasteiger partial charge in [-0.05, 0) is 106 Å². The molecule has 0 aliphatic heterocycles. The Morgan fingerprint density at radius 3 is 0.759 bits per heavy atom. The molecule has 2 nitrogen and oxygen atoms in total. The molecule has 0 saturated heterocycles. The number of nitrogens with zero attached hydrogens (tertiary/aromatic N) is 2. The quantitative estimate of drug-likeness (QED) is 0.133. The SMILES string of the molecule is CC(c1ccccc1)c1ccc(N(c2ccccc2)c2ccc(-c3ccc(N(c4ccccc4)c4ccc(C(C)c5ccccc5)cc4)cc3)cc2)cc1. The van der Waals surface area contributed by atoms with E-state index < -0.39 is 0 Å². The van der Waals surface area contributed by atoms with Gasteiger partial charge in [0, 0.05) is 46.0 Å². The maximum atomic E-state index is 2.33. The third-order valence-corrected chi connectivity index (χ3v) is 10.5. The van der Waals surface area contributed by atoms with Crippen LogP contribution in [0.1, 0.15) is 47.9 Å². The van der Waals surface area contributed by atoms with E-state index in [2.05, 4.69) is 242 Å². The molecule has 0 amide bonds. The van der Waals surface area contributed by atoms with Crippen molar-refractivity contribution in [2.24, 2.45) is 0 Å². The largest absolute Gasteiger partial charge is 0.311 e. The van der Waals surface area contributed by atoms with Gasteiger partial charge >= 0.3 is 0 Å². The van der Waals surface area contributed by atoms with E-state index in [1.165, 1.54) is 33.4 Å². The molecule has 8 rings (SSSR count). The van der Waals surface area contributed by atoms with E-state index in [1.807, 2.05) is 0 Å². The van der Waals surface area contributed by atoms with Crippen LogP contribution in [0.5, 0.6) is 0 Å². The summed E-state index contributed by atoms with van der Waals surface area (Å²) < 4.78 is 0. The number of hydrogen-bond acceptors (Lipinski definition) is 2. The summed E-state index contributed by atoms with van der Waals surface area (Å²) in [5.41, 5.74) is 14.4. The molecular formula is C52H44N2. The lowest BCUT2D eigenvalue weighted by Crippen LogP contribution is -2.10. The Balaban J connectivity index is 1.05. The second-order valence-corrected chi connectivity index (χ2v) is 13.9. The first-order valence-corrected chi connectivity index (χ1v) is 18.8. The lowest BCUT2D eigenvalue weighted by Gasteiger charge is -2.27. The molecule has 8 aromatic carbocycles. The molecule has 0 N–H and O–H groups in total. The Morgan fingerprint density at radius 2 is 0.463 bits per heavy atom. The molecule has 0 bridgehead atoms. The summed E-state index contributed by atoms with van der Waals surface area (Å²) >= 11 is 0. The monoisotopic (exact) mass is 696 g/mol. The zero-order chi connectivity index (χ0) is 36.7. The Hall–Kier alpha value is -6.64. The highest BCUT2D eigenvalue weighted by Crippen LogP contribution is 2.39. The van der Waals surface area contributed by atoms with Crippen LogP contribution >= 0.6 is 0 Å². The van der Waals surface area contributed by atoms with Crippen LogP contribution < -0.4 is 9.80 Å². The molecule has 2 unspecified atom stereocenters. The van der Waals surface area contributed by atoms with Gasteiger partial charge in [-0.25, -0.2) is 0 Å². The minimum absolute atomic E-state index is 0.324. The number of benzene rings is 8. The zero-order valence-electron chi connectivity index (χ0n) is 30.8. The van der Waals surface area contributed by atoms with Gasteiger partial charge in [0.2, 0.25) is 0 Å². The highest BCUT2D eigenvalue weighted by atomic mass is 15.1. The maximum Gasteiger partial charge on any atom is 0.0462 e. The van der Waals surface area contributed by atoms with Crippen molar-refractivity contribution in [2.45, 2.75) is 25.7 Å². The summed E-state index contributed by atoms with van der Waals surface area (Å²) in [5.74, 6) is 0.648. The fraction of sp³-hybridized carbons (Fsp3) is 0.0769. The molecule has 0 saturated carbocycles. The van der Waals surface area contributed by atoms with E-state index in [-0.39, 0.29) is 0 Å². The van der Waals surface area contributed by atoms with Gasteiger partial charge in [-0.15, -0.1) is 0 Å². The molecule has 0 aliphatic rings. The van der Waals surface area contributed by atoms with Gasteiger partial charge in [-0.3, -0.25) is 0 Å². The van der Waals surface area contributed by atoms with Crippen molar-refractivity contribution < 1.29 is 0 Å². The topological polar surface area (TPSA) is 6.48 Å². The van der Waals surface area contributed by atoms with Crippen molar-refractivity contribution in [3.63, 3.8) is 0 Å². The molecule has 2 atom stereocenters.